The van der Waals surface area contributed by atoms with Gasteiger partial charge in [0.25, 0.3) is 0 Å². The van der Waals surface area contributed by atoms with Crippen molar-refractivity contribution >= 4 is 43.0 Å². The zero-order valence-corrected chi connectivity index (χ0v) is 14.4. The molecule has 102 valence electrons. The van der Waals surface area contributed by atoms with Gasteiger partial charge in [-0.05, 0) is 72.2 Å². The van der Waals surface area contributed by atoms with Crippen LogP contribution in [0.3, 0.4) is 0 Å². The van der Waals surface area contributed by atoms with Crippen molar-refractivity contribution in [1.82, 2.24) is 0 Å². The smallest absolute Gasteiger partial charge is 0.0175 e. The molecule has 2 aromatic carbocycles. The largest absolute Gasteiger partial charge is 0.0536 e. The molecule has 2 aromatic rings. The van der Waals surface area contributed by atoms with E-state index in [2.05, 4.69) is 80.4 Å². The van der Waals surface area contributed by atoms with Crippen molar-refractivity contribution in [2.24, 2.45) is 0 Å². The maximum absolute atomic E-state index is 3.52. The summed E-state index contributed by atoms with van der Waals surface area (Å²) in [5.41, 5.74) is 5.77. The zero-order valence-electron chi connectivity index (χ0n) is 11.2. The number of hydrogen-bond acceptors (Lipinski definition) is 0. The first-order valence-corrected chi connectivity index (χ1v) is 8.56. The van der Waals surface area contributed by atoms with Gasteiger partial charge >= 0.3 is 0 Å². The van der Waals surface area contributed by atoms with Gasteiger partial charge in [-0.2, -0.15) is 0 Å². The van der Waals surface area contributed by atoms with E-state index in [9.17, 15) is 0 Å². The first kappa shape index (κ1) is 14.1. The van der Waals surface area contributed by atoms with Crippen molar-refractivity contribution in [2.45, 2.75) is 25.7 Å². The Balaban J connectivity index is 2.07. The molecule has 0 radical (unpaired) electrons. The van der Waals surface area contributed by atoms with E-state index in [4.69, 9.17) is 0 Å². The highest BCUT2D eigenvalue weighted by atomic mass is 79.9. The third kappa shape index (κ3) is 3.07. The van der Waals surface area contributed by atoms with Gasteiger partial charge in [0.15, 0.2) is 0 Å². The van der Waals surface area contributed by atoms with Crippen LogP contribution in [-0.2, 0) is 0 Å². The molecule has 1 aliphatic rings. The Kier molecular flexibility index (Phi) is 4.42. The Morgan fingerprint density at radius 2 is 0.900 bits per heavy atom. The van der Waals surface area contributed by atoms with Crippen LogP contribution in [0.2, 0.25) is 0 Å². The van der Waals surface area contributed by atoms with Gasteiger partial charge in [-0.25, -0.2) is 0 Å². The van der Waals surface area contributed by atoms with Gasteiger partial charge in [-0.3, -0.25) is 0 Å². The second-order valence-corrected chi connectivity index (χ2v) is 7.01. The van der Waals surface area contributed by atoms with E-state index >= 15 is 0 Å². The molecular formula is C18H16Br2. The van der Waals surface area contributed by atoms with Crippen LogP contribution >= 0.6 is 31.9 Å². The van der Waals surface area contributed by atoms with Crippen LogP contribution < -0.4 is 0 Å². The summed E-state index contributed by atoms with van der Waals surface area (Å²) in [4.78, 5) is 0. The molecule has 0 fully saturated rings. The zero-order chi connectivity index (χ0) is 13.9. The molecule has 0 aromatic heterocycles. The monoisotopic (exact) mass is 390 g/mol. The molecule has 3 rings (SSSR count). The Morgan fingerprint density at radius 1 is 0.550 bits per heavy atom. The minimum absolute atomic E-state index is 1.14. The van der Waals surface area contributed by atoms with Gasteiger partial charge in [-0.15, -0.1) is 0 Å². The van der Waals surface area contributed by atoms with Crippen molar-refractivity contribution in [1.29, 1.82) is 0 Å². The molecular weight excluding hydrogens is 376 g/mol. The SMILES string of the molecule is Brc1ccc(C2=C(c3ccc(Br)cc3)CCCC2)cc1. The number of benzene rings is 2. The van der Waals surface area contributed by atoms with Crippen LogP contribution in [0.25, 0.3) is 11.1 Å². The predicted molar refractivity (Wildman–Crippen MR) is 93.6 cm³/mol. The molecule has 0 nitrogen and oxygen atoms in total. The van der Waals surface area contributed by atoms with Crippen molar-refractivity contribution in [3.05, 3.63) is 68.6 Å². The Labute approximate surface area is 137 Å². The second-order valence-electron chi connectivity index (χ2n) is 5.18. The molecule has 0 heterocycles. The molecule has 0 saturated heterocycles. The number of allylic oxidation sites excluding steroid dienone is 2. The summed E-state index contributed by atoms with van der Waals surface area (Å²) in [6.45, 7) is 0. The molecule has 0 spiro atoms. The van der Waals surface area contributed by atoms with Gasteiger partial charge in [-0.1, -0.05) is 56.1 Å². The van der Waals surface area contributed by atoms with Gasteiger partial charge in [0.05, 0.1) is 0 Å². The van der Waals surface area contributed by atoms with Gasteiger partial charge in [0.1, 0.15) is 0 Å². The fourth-order valence-corrected chi connectivity index (χ4v) is 3.37. The second kappa shape index (κ2) is 6.28. The highest BCUT2D eigenvalue weighted by Crippen LogP contribution is 2.38. The topological polar surface area (TPSA) is 0 Å². The van der Waals surface area contributed by atoms with Crippen molar-refractivity contribution in [3.8, 4) is 0 Å². The number of hydrogen-bond donors (Lipinski definition) is 0. The fraction of sp³-hybridized carbons (Fsp3) is 0.222. The minimum atomic E-state index is 1.14. The van der Waals surface area contributed by atoms with E-state index < -0.39 is 0 Å². The Bertz CT molecular complexity index is 564. The molecule has 0 atom stereocenters. The lowest BCUT2D eigenvalue weighted by Gasteiger charge is -2.21. The Hall–Kier alpha value is -0.860. The third-order valence-corrected chi connectivity index (χ3v) is 4.91. The van der Waals surface area contributed by atoms with E-state index in [1.54, 1.807) is 0 Å². The van der Waals surface area contributed by atoms with E-state index in [1.807, 2.05) is 0 Å². The van der Waals surface area contributed by atoms with Gasteiger partial charge in [0, 0.05) is 8.95 Å². The van der Waals surface area contributed by atoms with Crippen LogP contribution in [-0.4, -0.2) is 0 Å². The molecule has 1 aliphatic carbocycles. The lowest BCUT2D eigenvalue weighted by Crippen LogP contribution is -1.99. The maximum atomic E-state index is 3.52. The maximum Gasteiger partial charge on any atom is 0.0175 e. The van der Waals surface area contributed by atoms with Crippen LogP contribution in [0.15, 0.2) is 57.5 Å². The molecule has 0 saturated carbocycles. The molecule has 0 aliphatic heterocycles. The normalized spacial score (nSPS) is 15.5. The molecule has 0 unspecified atom stereocenters. The standard InChI is InChI=1S/C18H16Br2/c19-15-9-5-13(6-10-15)17-3-1-2-4-18(17)14-7-11-16(20)12-8-14/h5-12H,1-4H2. The van der Waals surface area contributed by atoms with Crippen LogP contribution in [0.1, 0.15) is 36.8 Å². The highest BCUT2D eigenvalue weighted by Gasteiger charge is 2.15. The van der Waals surface area contributed by atoms with E-state index in [1.165, 1.54) is 48.0 Å². The molecule has 0 amide bonds. The van der Waals surface area contributed by atoms with Crippen LogP contribution in [0.5, 0.6) is 0 Å². The molecule has 0 bridgehead atoms. The minimum Gasteiger partial charge on any atom is -0.0536 e. The highest BCUT2D eigenvalue weighted by molar-refractivity contribution is 9.10. The summed E-state index contributed by atoms with van der Waals surface area (Å²) in [7, 11) is 0. The first-order chi connectivity index (χ1) is 9.74. The molecule has 2 heteroatoms. The summed E-state index contributed by atoms with van der Waals surface area (Å²) in [5, 5.41) is 0. The third-order valence-electron chi connectivity index (χ3n) is 3.85. The average Bonchev–Trinajstić information content (AvgIpc) is 2.49. The number of halogens is 2. The summed E-state index contributed by atoms with van der Waals surface area (Å²) in [5.74, 6) is 0. The van der Waals surface area contributed by atoms with E-state index in [0.717, 1.165) is 8.95 Å². The predicted octanol–water partition coefficient (Wildman–Crippen LogP) is 6.70. The summed E-state index contributed by atoms with van der Waals surface area (Å²) >= 11 is 7.03. The lowest BCUT2D eigenvalue weighted by molar-refractivity contribution is 0.753. The Morgan fingerprint density at radius 3 is 1.25 bits per heavy atom. The van der Waals surface area contributed by atoms with Crippen molar-refractivity contribution < 1.29 is 0 Å². The van der Waals surface area contributed by atoms with Gasteiger partial charge in [0.2, 0.25) is 0 Å². The van der Waals surface area contributed by atoms with Crippen LogP contribution in [0.4, 0.5) is 0 Å². The number of rotatable bonds is 2. The summed E-state index contributed by atoms with van der Waals surface area (Å²) in [6, 6.07) is 17.4. The van der Waals surface area contributed by atoms with Crippen LogP contribution in [0, 0.1) is 0 Å². The van der Waals surface area contributed by atoms with E-state index in [0.29, 0.717) is 0 Å². The molecule has 20 heavy (non-hydrogen) atoms. The van der Waals surface area contributed by atoms with Gasteiger partial charge < -0.3 is 0 Å². The molecule has 0 N–H and O–H groups in total. The fourth-order valence-electron chi connectivity index (χ4n) is 2.84. The lowest BCUT2D eigenvalue weighted by atomic mass is 9.84. The average molecular weight is 392 g/mol. The quantitative estimate of drug-likeness (QED) is 0.534. The summed E-state index contributed by atoms with van der Waals surface area (Å²) in [6.07, 6.45) is 4.97. The van der Waals surface area contributed by atoms with Crippen molar-refractivity contribution in [3.63, 3.8) is 0 Å². The first-order valence-electron chi connectivity index (χ1n) is 6.98. The van der Waals surface area contributed by atoms with E-state index in [-0.39, 0.29) is 0 Å². The summed E-state index contributed by atoms with van der Waals surface area (Å²) < 4.78 is 2.28. The van der Waals surface area contributed by atoms with Crippen molar-refractivity contribution in [2.75, 3.05) is 0 Å².